The Labute approximate surface area is 195 Å². The molecule has 4 N–H and O–H groups in total. The fourth-order valence-electron chi connectivity index (χ4n) is 3.95. The van der Waals surface area contributed by atoms with Crippen LogP contribution in [0.1, 0.15) is 5.56 Å². The Morgan fingerprint density at radius 1 is 1.06 bits per heavy atom. The molecule has 5 rings (SSSR count). The molecule has 4 heterocycles. The number of aromatic nitrogens is 3. The first-order chi connectivity index (χ1) is 16.2. The number of nitrogens with zero attached hydrogens (tertiary/aromatic N) is 2. The molecular formula is C26H23N5OS. The zero-order valence-electron chi connectivity index (χ0n) is 17.9. The van der Waals surface area contributed by atoms with Crippen molar-refractivity contribution >= 4 is 33.3 Å². The number of amides is 1. The summed E-state index contributed by atoms with van der Waals surface area (Å²) in [7, 11) is 0. The van der Waals surface area contributed by atoms with Crippen molar-refractivity contribution in [2.45, 2.75) is 6.42 Å². The monoisotopic (exact) mass is 453 g/mol. The summed E-state index contributed by atoms with van der Waals surface area (Å²) in [6.45, 7) is 0.280. The van der Waals surface area contributed by atoms with Gasteiger partial charge in [0, 0.05) is 58.3 Å². The maximum Gasteiger partial charge on any atom is 0.229 e. The van der Waals surface area contributed by atoms with Crippen molar-refractivity contribution in [1.29, 1.82) is 0 Å². The highest BCUT2D eigenvalue weighted by Gasteiger charge is 2.21. The minimum Gasteiger partial charge on any atom is -0.346 e. The number of fused-ring (bicyclic) bond motifs is 1. The van der Waals surface area contributed by atoms with Crippen LogP contribution >= 0.6 is 11.3 Å². The van der Waals surface area contributed by atoms with Crippen molar-refractivity contribution in [2.24, 2.45) is 11.7 Å². The number of hydrogen-bond donors (Lipinski definition) is 3. The van der Waals surface area contributed by atoms with E-state index in [1.54, 1.807) is 12.4 Å². The van der Waals surface area contributed by atoms with E-state index in [0.717, 1.165) is 43.2 Å². The standard InChI is InChI=1S/C26H23N5OS/c27-14-19(12-17-6-2-1-3-7-17)26(32)31-23-13-21(24(33-23)18-8-4-10-28-15-18)22-16-30-25-20(22)9-5-11-29-25/h1-11,13,15-16,19H,12,14,27H2,(H,29,30)(H,31,32). The summed E-state index contributed by atoms with van der Waals surface area (Å²) in [5.74, 6) is -0.385. The Bertz CT molecular complexity index is 1380. The normalized spacial score (nSPS) is 12.0. The minimum absolute atomic E-state index is 0.0764. The lowest BCUT2D eigenvalue weighted by Gasteiger charge is -2.14. The molecule has 6 nitrogen and oxygen atoms in total. The molecule has 0 fully saturated rings. The molecule has 0 aliphatic rings. The minimum atomic E-state index is -0.308. The SMILES string of the molecule is NCC(Cc1ccccc1)C(=O)Nc1cc(-c2c[nH]c3ncccc23)c(-c2cccnc2)s1. The second-order valence-electron chi connectivity index (χ2n) is 7.81. The van der Waals surface area contributed by atoms with E-state index in [9.17, 15) is 4.79 Å². The second-order valence-corrected chi connectivity index (χ2v) is 8.86. The molecule has 0 bridgehead atoms. The van der Waals surface area contributed by atoms with Gasteiger partial charge in [-0.3, -0.25) is 9.78 Å². The van der Waals surface area contributed by atoms with Crippen LogP contribution < -0.4 is 11.1 Å². The average Bonchev–Trinajstić information content (AvgIpc) is 3.47. The largest absolute Gasteiger partial charge is 0.346 e. The third kappa shape index (κ3) is 4.41. The van der Waals surface area contributed by atoms with Crippen LogP contribution in [0.25, 0.3) is 32.6 Å². The van der Waals surface area contributed by atoms with Gasteiger partial charge in [-0.1, -0.05) is 36.4 Å². The van der Waals surface area contributed by atoms with E-state index in [4.69, 9.17) is 5.73 Å². The van der Waals surface area contributed by atoms with Crippen LogP contribution in [0.3, 0.4) is 0 Å². The maximum absolute atomic E-state index is 13.1. The van der Waals surface area contributed by atoms with Crippen molar-refractivity contribution in [3.8, 4) is 21.6 Å². The number of nitrogens with two attached hydrogens (primary N) is 1. The van der Waals surface area contributed by atoms with Gasteiger partial charge in [0.25, 0.3) is 0 Å². The number of aromatic amines is 1. The first-order valence-corrected chi connectivity index (χ1v) is 11.6. The Morgan fingerprint density at radius 2 is 1.91 bits per heavy atom. The Hall–Kier alpha value is -3.81. The summed E-state index contributed by atoms with van der Waals surface area (Å²) in [6.07, 6.45) is 7.93. The summed E-state index contributed by atoms with van der Waals surface area (Å²) in [4.78, 5) is 26.1. The molecule has 0 aliphatic carbocycles. The van der Waals surface area contributed by atoms with Crippen molar-refractivity contribution in [1.82, 2.24) is 15.0 Å². The van der Waals surface area contributed by atoms with Gasteiger partial charge in [0.15, 0.2) is 0 Å². The molecule has 33 heavy (non-hydrogen) atoms. The van der Waals surface area contributed by atoms with E-state index in [1.165, 1.54) is 11.3 Å². The van der Waals surface area contributed by atoms with E-state index < -0.39 is 0 Å². The van der Waals surface area contributed by atoms with Gasteiger partial charge in [-0.15, -0.1) is 11.3 Å². The second kappa shape index (κ2) is 9.36. The van der Waals surface area contributed by atoms with Gasteiger partial charge in [-0.05, 0) is 36.2 Å². The van der Waals surface area contributed by atoms with E-state index in [2.05, 4.69) is 20.3 Å². The van der Waals surface area contributed by atoms with Crippen molar-refractivity contribution < 1.29 is 4.79 Å². The Morgan fingerprint density at radius 3 is 2.70 bits per heavy atom. The number of pyridine rings is 2. The van der Waals surface area contributed by atoms with Gasteiger partial charge in [-0.2, -0.15) is 0 Å². The first-order valence-electron chi connectivity index (χ1n) is 10.7. The van der Waals surface area contributed by atoms with E-state index in [-0.39, 0.29) is 18.4 Å². The molecule has 0 saturated carbocycles. The maximum atomic E-state index is 13.1. The summed E-state index contributed by atoms with van der Waals surface area (Å²) in [5, 5.41) is 4.91. The molecule has 1 atom stereocenters. The number of anilines is 1. The predicted molar refractivity (Wildman–Crippen MR) is 134 cm³/mol. The lowest BCUT2D eigenvalue weighted by molar-refractivity contribution is -0.119. The van der Waals surface area contributed by atoms with E-state index in [1.807, 2.05) is 73.1 Å². The average molecular weight is 454 g/mol. The first kappa shape index (κ1) is 21.1. The molecule has 7 heteroatoms. The van der Waals surface area contributed by atoms with Crippen LogP contribution in [0.4, 0.5) is 5.00 Å². The van der Waals surface area contributed by atoms with Gasteiger partial charge in [-0.25, -0.2) is 4.98 Å². The highest BCUT2D eigenvalue weighted by atomic mass is 32.1. The fraction of sp³-hybridized carbons (Fsp3) is 0.115. The molecule has 1 unspecified atom stereocenters. The summed E-state index contributed by atoms with van der Waals surface area (Å²) in [6, 6.07) is 19.9. The smallest absolute Gasteiger partial charge is 0.229 e. The topological polar surface area (TPSA) is 96.7 Å². The third-order valence-electron chi connectivity index (χ3n) is 5.62. The zero-order valence-corrected chi connectivity index (χ0v) is 18.7. The lowest BCUT2D eigenvalue weighted by atomic mass is 9.98. The number of thiophene rings is 1. The molecule has 4 aromatic heterocycles. The molecule has 0 aliphatic heterocycles. The van der Waals surface area contributed by atoms with Crippen LogP contribution in [-0.4, -0.2) is 27.4 Å². The molecule has 0 radical (unpaired) electrons. The highest BCUT2D eigenvalue weighted by molar-refractivity contribution is 7.20. The lowest BCUT2D eigenvalue weighted by Crippen LogP contribution is -2.30. The van der Waals surface area contributed by atoms with Crippen molar-refractivity contribution in [3.63, 3.8) is 0 Å². The summed E-state index contributed by atoms with van der Waals surface area (Å²) in [5.41, 5.74) is 10.9. The summed E-state index contributed by atoms with van der Waals surface area (Å²) < 4.78 is 0. The van der Waals surface area contributed by atoms with Crippen molar-refractivity contribution in [3.05, 3.63) is 91.0 Å². The Kier molecular flexibility index (Phi) is 5.97. The molecule has 1 amide bonds. The molecule has 164 valence electrons. The van der Waals surface area contributed by atoms with Gasteiger partial charge in [0.2, 0.25) is 5.91 Å². The van der Waals surface area contributed by atoms with Crippen molar-refractivity contribution in [2.75, 3.05) is 11.9 Å². The van der Waals surface area contributed by atoms with Gasteiger partial charge in [0.05, 0.1) is 10.9 Å². The molecule has 0 spiro atoms. The third-order valence-corrected chi connectivity index (χ3v) is 6.72. The number of rotatable bonds is 7. The van der Waals surface area contributed by atoms with Gasteiger partial charge >= 0.3 is 0 Å². The number of carbonyl (C=O) groups is 1. The van der Waals surface area contributed by atoms with Crippen LogP contribution in [-0.2, 0) is 11.2 Å². The van der Waals surface area contributed by atoms with Crippen LogP contribution in [0, 0.1) is 5.92 Å². The molecule has 1 aromatic carbocycles. The molecular weight excluding hydrogens is 430 g/mol. The predicted octanol–water partition coefficient (Wildman–Crippen LogP) is 5.11. The van der Waals surface area contributed by atoms with E-state index >= 15 is 0 Å². The quantitative estimate of drug-likeness (QED) is 0.319. The number of hydrogen-bond acceptors (Lipinski definition) is 5. The van der Waals surface area contributed by atoms with Crippen LogP contribution in [0.2, 0.25) is 0 Å². The highest BCUT2D eigenvalue weighted by Crippen LogP contribution is 2.43. The van der Waals surface area contributed by atoms with Gasteiger partial charge < -0.3 is 16.0 Å². The van der Waals surface area contributed by atoms with Crippen LogP contribution in [0.5, 0.6) is 0 Å². The molecule has 0 saturated heterocycles. The number of H-pyrrole nitrogens is 1. The van der Waals surface area contributed by atoms with E-state index in [0.29, 0.717) is 6.42 Å². The Balaban J connectivity index is 1.49. The molecule has 5 aromatic rings. The number of nitrogens with one attached hydrogen (secondary N) is 2. The van der Waals surface area contributed by atoms with Crippen LogP contribution in [0.15, 0.2) is 85.5 Å². The number of carbonyl (C=O) groups excluding carboxylic acids is 1. The van der Waals surface area contributed by atoms with Gasteiger partial charge in [0.1, 0.15) is 5.65 Å². The zero-order chi connectivity index (χ0) is 22.6. The number of benzene rings is 1. The fourth-order valence-corrected chi connectivity index (χ4v) is 5.01. The summed E-state index contributed by atoms with van der Waals surface area (Å²) >= 11 is 1.53.